The van der Waals surface area contributed by atoms with E-state index in [4.69, 9.17) is 53.8 Å². The van der Waals surface area contributed by atoms with Gasteiger partial charge in [0.25, 0.3) is 29.5 Å². The lowest BCUT2D eigenvalue weighted by molar-refractivity contribution is -0.870. The number of likely N-dealkylation sites (N-methyl/N-ethyl adjacent to an activating group) is 3. The van der Waals surface area contributed by atoms with Crippen molar-refractivity contribution < 1.29 is 59.8 Å². The standard InChI is InChI=1S/C21H24ClN2O3.C21H27ClN2O3.C20H21ClN2O3.ClH/c1-14-12-15(8-9-17(14)22)13-23-20(25)16-6-5-7-18(19(16)21(23)26)27-11-10-24(2,3)4;1-6-26-18-8-7-9-19(27-13-12-23(3)4)20(18)21(25)24(5)16-10-11-17(22)15(2)14-16;1-13-11-14(7-8-16(13)21)12-23-19(24)15-5-4-6-17(18(15)20(23)25)26-10-9-22(2)3;/h5-9,12H,10-11,13H2,1-4H3;7-11,14H,6,12-13H2,1-5H3;4-8,11H,9-10,12H2,1-3H3;1H/q+1;;;/p-1. The molecule has 5 amide bonds. The van der Waals surface area contributed by atoms with Gasteiger partial charge in [0.15, 0.2) is 0 Å². The highest BCUT2D eigenvalue weighted by Gasteiger charge is 2.39. The van der Waals surface area contributed by atoms with Gasteiger partial charge < -0.3 is 50.5 Å². The number of benzene rings is 6. The number of hydrogen-bond acceptors (Lipinski definition) is 11. The zero-order chi connectivity index (χ0) is 58.6. The lowest BCUT2D eigenvalue weighted by atomic mass is 10.1. The number of halogens is 4. The third kappa shape index (κ3) is 16.9. The molecule has 432 valence electrons. The summed E-state index contributed by atoms with van der Waals surface area (Å²) in [5.74, 6) is 0.539. The van der Waals surface area contributed by atoms with Gasteiger partial charge in [0, 0.05) is 40.9 Å². The van der Waals surface area contributed by atoms with E-state index in [2.05, 4.69) is 21.1 Å². The minimum Gasteiger partial charge on any atom is -1.00 e. The molecular formula is C62H72Cl4N6O9. The molecule has 0 radical (unpaired) electrons. The number of aryl methyl sites for hydroxylation is 3. The fourth-order valence-corrected chi connectivity index (χ4v) is 8.81. The van der Waals surface area contributed by atoms with Crippen molar-refractivity contribution in [2.75, 3.05) is 107 Å². The first-order chi connectivity index (χ1) is 37.9. The summed E-state index contributed by atoms with van der Waals surface area (Å²) < 4.78 is 23.9. The molecule has 0 unspecified atom stereocenters. The van der Waals surface area contributed by atoms with Crippen LogP contribution < -0.4 is 36.3 Å². The Kier molecular flexibility index (Phi) is 23.6. The zero-order valence-electron chi connectivity index (χ0n) is 48.1. The SMILES string of the molecule is CCOc1cccc(OCCN(C)C)c1C(=O)N(C)c1ccc(Cl)c(C)c1.Cc1cc(CN2C(=O)c3cccc(OCCN(C)C)c3C2=O)ccc1Cl.Cc1cc(CN2C(=O)c3cccc(OCC[N+](C)(C)C)c3C2=O)ccc1Cl.[Cl-]. The summed E-state index contributed by atoms with van der Waals surface area (Å²) in [7, 11) is 15.8. The molecule has 15 nitrogen and oxygen atoms in total. The molecule has 0 aliphatic carbocycles. The number of carbonyl (C=O) groups excluding carboxylic acids is 5. The molecule has 0 fully saturated rings. The average molecular weight is 1190 g/mol. The fourth-order valence-electron chi connectivity index (χ4n) is 8.45. The highest BCUT2D eigenvalue weighted by molar-refractivity contribution is 6.32. The summed E-state index contributed by atoms with van der Waals surface area (Å²) in [5, 5.41) is 1.99. The molecule has 0 atom stereocenters. The van der Waals surface area contributed by atoms with E-state index in [-0.39, 0.29) is 55.0 Å². The Bertz CT molecular complexity index is 3240. The van der Waals surface area contributed by atoms with Gasteiger partial charge in [-0.15, -0.1) is 0 Å². The summed E-state index contributed by atoms with van der Waals surface area (Å²) >= 11 is 18.2. The summed E-state index contributed by atoms with van der Waals surface area (Å²) in [4.78, 5) is 72.7. The van der Waals surface area contributed by atoms with E-state index in [0.29, 0.717) is 92.3 Å². The van der Waals surface area contributed by atoms with Crippen LogP contribution in [0.5, 0.6) is 23.0 Å². The van der Waals surface area contributed by atoms with Crippen LogP contribution in [0.2, 0.25) is 15.1 Å². The van der Waals surface area contributed by atoms with Gasteiger partial charge in [0.05, 0.1) is 63.1 Å². The van der Waals surface area contributed by atoms with Crippen molar-refractivity contribution in [3.63, 3.8) is 0 Å². The molecule has 6 aromatic rings. The predicted octanol–water partition coefficient (Wildman–Crippen LogP) is 8.18. The largest absolute Gasteiger partial charge is 1.00 e. The van der Waals surface area contributed by atoms with Crippen LogP contribution in [-0.4, -0.2) is 156 Å². The van der Waals surface area contributed by atoms with E-state index in [9.17, 15) is 24.0 Å². The van der Waals surface area contributed by atoms with Crippen LogP contribution >= 0.6 is 34.8 Å². The Morgan fingerprint density at radius 2 is 0.914 bits per heavy atom. The van der Waals surface area contributed by atoms with Crippen LogP contribution in [0.4, 0.5) is 5.69 Å². The number of carbonyl (C=O) groups is 5. The van der Waals surface area contributed by atoms with Gasteiger partial charge >= 0.3 is 0 Å². The molecule has 0 bridgehead atoms. The molecule has 2 aliphatic heterocycles. The number of fused-ring (bicyclic) bond motifs is 2. The van der Waals surface area contributed by atoms with Crippen LogP contribution in [0.15, 0.2) is 109 Å². The molecule has 2 aliphatic rings. The Hall–Kier alpha value is -6.69. The number of nitrogens with zero attached hydrogens (tertiary/aromatic N) is 6. The molecule has 0 saturated carbocycles. The van der Waals surface area contributed by atoms with Gasteiger partial charge in [-0.25, -0.2) is 0 Å². The van der Waals surface area contributed by atoms with Crippen molar-refractivity contribution in [3.8, 4) is 23.0 Å². The lowest BCUT2D eigenvalue weighted by Gasteiger charge is -2.23. The number of hydrogen-bond donors (Lipinski definition) is 0. The molecule has 8 rings (SSSR count). The molecule has 19 heteroatoms. The minimum absolute atomic E-state index is 0. The Morgan fingerprint density at radius 3 is 1.33 bits per heavy atom. The molecule has 0 spiro atoms. The molecule has 0 saturated heterocycles. The number of rotatable bonds is 20. The number of amides is 5. The first-order valence-corrected chi connectivity index (χ1v) is 27.3. The van der Waals surface area contributed by atoms with Gasteiger partial charge in [0.1, 0.15) is 54.9 Å². The maximum absolute atomic E-state index is 13.3. The molecule has 0 N–H and O–H groups in total. The summed E-state index contributed by atoms with van der Waals surface area (Å²) in [6.07, 6.45) is 0. The maximum atomic E-state index is 13.3. The van der Waals surface area contributed by atoms with Crippen molar-refractivity contribution in [2.45, 2.75) is 40.8 Å². The number of imide groups is 2. The van der Waals surface area contributed by atoms with E-state index in [1.807, 2.05) is 108 Å². The topological polar surface area (TPSA) is 138 Å². The molecule has 0 aromatic heterocycles. The third-order valence-electron chi connectivity index (χ3n) is 13.0. The summed E-state index contributed by atoms with van der Waals surface area (Å²) in [6, 6.07) is 32.2. The highest BCUT2D eigenvalue weighted by Crippen LogP contribution is 2.35. The monoisotopic (exact) mass is 1180 g/mol. The predicted molar refractivity (Wildman–Crippen MR) is 317 cm³/mol. The van der Waals surface area contributed by atoms with Crippen molar-refractivity contribution in [3.05, 3.63) is 180 Å². The van der Waals surface area contributed by atoms with Gasteiger partial charge in [-0.3, -0.25) is 33.8 Å². The second kappa shape index (κ2) is 29.3. The van der Waals surface area contributed by atoms with Gasteiger partial charge in [0.2, 0.25) is 0 Å². The lowest BCUT2D eigenvalue weighted by Crippen LogP contribution is -3.00. The minimum atomic E-state index is -0.321. The average Bonchev–Trinajstić information content (AvgIpc) is 4.06. The van der Waals surface area contributed by atoms with Crippen LogP contribution in [0, 0.1) is 20.8 Å². The van der Waals surface area contributed by atoms with Crippen LogP contribution in [0.3, 0.4) is 0 Å². The molecule has 81 heavy (non-hydrogen) atoms. The fraction of sp³-hybridized carbons (Fsp3) is 0.339. The molecule has 2 heterocycles. The van der Waals surface area contributed by atoms with Gasteiger partial charge in [-0.05, 0) is 150 Å². The normalized spacial score (nSPS) is 12.6. The Labute approximate surface area is 497 Å². The van der Waals surface area contributed by atoms with Crippen molar-refractivity contribution in [2.24, 2.45) is 0 Å². The second-order valence-electron chi connectivity index (χ2n) is 20.9. The quantitative estimate of drug-likeness (QED) is 0.0541. The first-order valence-electron chi connectivity index (χ1n) is 26.2. The van der Waals surface area contributed by atoms with Crippen LogP contribution in [0.1, 0.15) is 86.5 Å². The third-order valence-corrected chi connectivity index (χ3v) is 14.3. The van der Waals surface area contributed by atoms with Gasteiger partial charge in [-0.2, -0.15) is 0 Å². The first kappa shape index (κ1) is 65.1. The van der Waals surface area contributed by atoms with Crippen LogP contribution in [0.25, 0.3) is 0 Å². The van der Waals surface area contributed by atoms with Crippen LogP contribution in [-0.2, 0) is 13.1 Å². The van der Waals surface area contributed by atoms with E-state index < -0.39 is 0 Å². The van der Waals surface area contributed by atoms with E-state index >= 15 is 0 Å². The highest BCUT2D eigenvalue weighted by atomic mass is 35.5. The van der Waals surface area contributed by atoms with Gasteiger partial charge in [-0.1, -0.05) is 77.3 Å². The van der Waals surface area contributed by atoms with E-state index in [1.54, 1.807) is 78.7 Å². The molecular weight excluding hydrogens is 1110 g/mol. The van der Waals surface area contributed by atoms with Crippen molar-refractivity contribution in [1.82, 2.24) is 19.6 Å². The second-order valence-corrected chi connectivity index (χ2v) is 22.2. The van der Waals surface area contributed by atoms with E-state index in [1.165, 1.54) is 9.80 Å². The van der Waals surface area contributed by atoms with E-state index in [0.717, 1.165) is 57.6 Å². The smallest absolute Gasteiger partial charge is 0.265 e. The Balaban J connectivity index is 0.000000222. The summed E-state index contributed by atoms with van der Waals surface area (Å²) in [6.45, 7) is 12.1. The van der Waals surface area contributed by atoms with Crippen molar-refractivity contribution >= 4 is 70.0 Å². The molecule has 6 aromatic carbocycles. The van der Waals surface area contributed by atoms with Crippen molar-refractivity contribution in [1.29, 1.82) is 0 Å². The Morgan fingerprint density at radius 1 is 0.519 bits per heavy atom. The summed E-state index contributed by atoms with van der Waals surface area (Å²) in [5.41, 5.74) is 7.13. The maximum Gasteiger partial charge on any atom is 0.265 e. The number of ether oxygens (including phenoxy) is 4. The number of anilines is 1. The zero-order valence-corrected chi connectivity index (χ0v) is 51.1. The number of quaternary nitrogens is 1.